The molecule has 22 heavy (non-hydrogen) atoms. The molecule has 0 radical (unpaired) electrons. The Balaban J connectivity index is 1.93. The van der Waals surface area contributed by atoms with Crippen LogP contribution in [-0.4, -0.2) is 15.9 Å². The smallest absolute Gasteiger partial charge is 0.319 e. The van der Waals surface area contributed by atoms with Crippen molar-refractivity contribution in [3.63, 3.8) is 0 Å². The molecule has 1 heterocycles. The van der Waals surface area contributed by atoms with Gasteiger partial charge in [0, 0.05) is 23.2 Å². The topological polar surface area (TPSA) is 97.2 Å². The Kier molecular flexibility index (Phi) is 5.05. The van der Waals surface area contributed by atoms with E-state index in [4.69, 9.17) is 0 Å². The standard InChI is InChI=1S/C14H16N4O3S/c1-3-13-16-10(8-22-13)7-15-14(19)17-12-5-4-11(18(20)21)6-9(12)2/h4-6,8H,3,7H2,1-2H3,(H2,15,17,19). The molecule has 116 valence electrons. The van der Waals surface area contributed by atoms with Crippen molar-refractivity contribution >= 4 is 28.7 Å². The summed E-state index contributed by atoms with van der Waals surface area (Å²) in [7, 11) is 0. The number of benzene rings is 1. The summed E-state index contributed by atoms with van der Waals surface area (Å²) in [5.41, 5.74) is 1.98. The molecule has 0 fully saturated rings. The van der Waals surface area contributed by atoms with Crippen molar-refractivity contribution in [1.82, 2.24) is 10.3 Å². The van der Waals surface area contributed by atoms with E-state index < -0.39 is 4.92 Å². The monoisotopic (exact) mass is 320 g/mol. The third-order valence-corrected chi connectivity index (χ3v) is 4.04. The number of anilines is 1. The highest BCUT2D eigenvalue weighted by atomic mass is 32.1. The number of hydrogen-bond acceptors (Lipinski definition) is 5. The van der Waals surface area contributed by atoms with E-state index in [9.17, 15) is 14.9 Å². The van der Waals surface area contributed by atoms with Crippen LogP contribution in [0.5, 0.6) is 0 Å². The number of carbonyl (C=O) groups excluding carboxylic acids is 1. The molecule has 0 bridgehead atoms. The lowest BCUT2D eigenvalue weighted by Crippen LogP contribution is -2.28. The number of hydrogen-bond donors (Lipinski definition) is 2. The Bertz CT molecular complexity index is 699. The third kappa shape index (κ3) is 4.01. The van der Waals surface area contributed by atoms with Gasteiger partial charge in [-0.3, -0.25) is 10.1 Å². The summed E-state index contributed by atoms with van der Waals surface area (Å²) in [6.45, 7) is 4.07. The Hall–Kier alpha value is -2.48. The first-order valence-electron chi connectivity index (χ1n) is 6.72. The first-order chi connectivity index (χ1) is 10.5. The quantitative estimate of drug-likeness (QED) is 0.652. The van der Waals surface area contributed by atoms with Gasteiger partial charge in [-0.05, 0) is 25.0 Å². The second kappa shape index (κ2) is 6.99. The first-order valence-corrected chi connectivity index (χ1v) is 7.60. The van der Waals surface area contributed by atoms with Crippen LogP contribution in [0.3, 0.4) is 0 Å². The number of carbonyl (C=O) groups is 1. The molecule has 1 aromatic carbocycles. The van der Waals surface area contributed by atoms with E-state index in [1.54, 1.807) is 18.3 Å². The van der Waals surface area contributed by atoms with Gasteiger partial charge in [-0.2, -0.15) is 0 Å². The van der Waals surface area contributed by atoms with Crippen molar-refractivity contribution in [1.29, 1.82) is 0 Å². The number of aromatic nitrogens is 1. The highest BCUT2D eigenvalue weighted by Gasteiger charge is 2.10. The van der Waals surface area contributed by atoms with Crippen LogP contribution in [0.15, 0.2) is 23.6 Å². The number of urea groups is 1. The second-order valence-electron chi connectivity index (χ2n) is 4.65. The molecule has 2 rings (SSSR count). The van der Waals surface area contributed by atoms with Crippen LogP contribution >= 0.6 is 11.3 Å². The lowest BCUT2D eigenvalue weighted by molar-refractivity contribution is -0.384. The summed E-state index contributed by atoms with van der Waals surface area (Å²) in [6.07, 6.45) is 0.874. The average Bonchev–Trinajstić information content (AvgIpc) is 2.95. The number of nitrogens with zero attached hydrogens (tertiary/aromatic N) is 2. The molecule has 0 saturated carbocycles. The maximum absolute atomic E-state index is 11.9. The summed E-state index contributed by atoms with van der Waals surface area (Å²) >= 11 is 1.57. The van der Waals surface area contributed by atoms with Crippen molar-refractivity contribution in [3.8, 4) is 0 Å². The zero-order valence-corrected chi connectivity index (χ0v) is 13.1. The summed E-state index contributed by atoms with van der Waals surface area (Å²) < 4.78 is 0. The number of thiazole rings is 1. The van der Waals surface area contributed by atoms with E-state index in [1.807, 2.05) is 12.3 Å². The van der Waals surface area contributed by atoms with E-state index in [1.165, 1.54) is 18.2 Å². The average molecular weight is 320 g/mol. The van der Waals surface area contributed by atoms with Gasteiger partial charge < -0.3 is 10.6 Å². The van der Waals surface area contributed by atoms with Gasteiger partial charge in [-0.15, -0.1) is 11.3 Å². The zero-order chi connectivity index (χ0) is 16.1. The lowest BCUT2D eigenvalue weighted by Gasteiger charge is -2.09. The van der Waals surface area contributed by atoms with Gasteiger partial charge in [0.15, 0.2) is 0 Å². The number of nitro groups is 1. The van der Waals surface area contributed by atoms with Crippen LogP contribution in [0.25, 0.3) is 0 Å². The van der Waals surface area contributed by atoms with Crippen molar-refractivity contribution in [2.75, 3.05) is 5.32 Å². The maximum Gasteiger partial charge on any atom is 0.319 e. The van der Waals surface area contributed by atoms with Gasteiger partial charge in [0.1, 0.15) is 0 Å². The van der Waals surface area contributed by atoms with Gasteiger partial charge in [0.2, 0.25) is 0 Å². The fraction of sp³-hybridized carbons (Fsp3) is 0.286. The van der Waals surface area contributed by atoms with E-state index in [0.717, 1.165) is 17.1 Å². The maximum atomic E-state index is 11.9. The summed E-state index contributed by atoms with van der Waals surface area (Å²) in [4.78, 5) is 26.4. The molecule has 7 nitrogen and oxygen atoms in total. The summed E-state index contributed by atoms with van der Waals surface area (Å²) in [5.74, 6) is 0. The molecular weight excluding hydrogens is 304 g/mol. The number of non-ortho nitro benzene ring substituents is 1. The van der Waals surface area contributed by atoms with Crippen molar-refractivity contribution in [3.05, 3.63) is 50.0 Å². The first kappa shape index (κ1) is 15.9. The number of rotatable bonds is 5. The molecule has 2 amide bonds. The minimum atomic E-state index is -0.468. The molecule has 2 N–H and O–H groups in total. The molecule has 0 atom stereocenters. The lowest BCUT2D eigenvalue weighted by atomic mass is 10.2. The van der Waals surface area contributed by atoms with Crippen molar-refractivity contribution < 1.29 is 9.72 Å². The molecule has 0 aliphatic rings. The van der Waals surface area contributed by atoms with Gasteiger partial charge in [0.05, 0.1) is 22.2 Å². The highest BCUT2D eigenvalue weighted by Crippen LogP contribution is 2.21. The Labute approximate surface area is 131 Å². The van der Waals surface area contributed by atoms with E-state index in [2.05, 4.69) is 15.6 Å². The Morgan fingerprint density at radius 3 is 2.82 bits per heavy atom. The highest BCUT2D eigenvalue weighted by molar-refractivity contribution is 7.09. The molecule has 0 saturated heterocycles. The van der Waals surface area contributed by atoms with Crippen LogP contribution in [0, 0.1) is 17.0 Å². The van der Waals surface area contributed by atoms with Gasteiger partial charge in [-0.1, -0.05) is 6.92 Å². The molecule has 1 aromatic heterocycles. The molecule has 0 aliphatic carbocycles. The third-order valence-electron chi connectivity index (χ3n) is 3.00. The fourth-order valence-corrected chi connectivity index (χ4v) is 2.58. The molecule has 0 spiro atoms. The largest absolute Gasteiger partial charge is 0.332 e. The summed E-state index contributed by atoms with van der Waals surface area (Å²) in [5, 5.41) is 19.0. The number of nitrogens with one attached hydrogen (secondary N) is 2. The fourth-order valence-electron chi connectivity index (χ4n) is 1.83. The number of aryl methyl sites for hydroxylation is 2. The van der Waals surface area contributed by atoms with E-state index in [0.29, 0.717) is 17.8 Å². The zero-order valence-electron chi connectivity index (χ0n) is 12.3. The summed E-state index contributed by atoms with van der Waals surface area (Å²) in [6, 6.07) is 3.92. The van der Waals surface area contributed by atoms with Crippen LogP contribution in [0.1, 0.15) is 23.2 Å². The molecular formula is C14H16N4O3S. The van der Waals surface area contributed by atoms with Crippen LogP contribution in [0.2, 0.25) is 0 Å². The van der Waals surface area contributed by atoms with Crippen LogP contribution in [-0.2, 0) is 13.0 Å². The Morgan fingerprint density at radius 2 is 2.23 bits per heavy atom. The molecule has 0 unspecified atom stereocenters. The molecule has 2 aromatic rings. The number of nitro benzene ring substituents is 1. The predicted octanol–water partition coefficient (Wildman–Crippen LogP) is 3.24. The normalized spacial score (nSPS) is 10.3. The molecule has 0 aliphatic heterocycles. The number of amides is 2. The van der Waals surface area contributed by atoms with Crippen LogP contribution in [0.4, 0.5) is 16.2 Å². The van der Waals surface area contributed by atoms with E-state index >= 15 is 0 Å². The van der Waals surface area contributed by atoms with E-state index in [-0.39, 0.29) is 11.7 Å². The van der Waals surface area contributed by atoms with Gasteiger partial charge in [0.25, 0.3) is 5.69 Å². The SMILES string of the molecule is CCc1nc(CNC(=O)Nc2ccc([N+](=O)[O-])cc2C)cs1. The Morgan fingerprint density at radius 1 is 1.45 bits per heavy atom. The molecule has 8 heteroatoms. The minimum Gasteiger partial charge on any atom is -0.332 e. The van der Waals surface area contributed by atoms with Crippen molar-refractivity contribution in [2.24, 2.45) is 0 Å². The van der Waals surface area contributed by atoms with Gasteiger partial charge >= 0.3 is 6.03 Å². The predicted molar refractivity (Wildman–Crippen MR) is 85.2 cm³/mol. The van der Waals surface area contributed by atoms with Crippen molar-refractivity contribution in [2.45, 2.75) is 26.8 Å². The minimum absolute atomic E-state index is 0.00183. The van der Waals surface area contributed by atoms with Crippen LogP contribution < -0.4 is 10.6 Å². The second-order valence-corrected chi connectivity index (χ2v) is 5.59. The van der Waals surface area contributed by atoms with Gasteiger partial charge in [-0.25, -0.2) is 9.78 Å².